The molecule has 1 amide bonds. The van der Waals surface area contributed by atoms with Crippen molar-refractivity contribution in [2.45, 2.75) is 44.4 Å². The summed E-state index contributed by atoms with van der Waals surface area (Å²) in [5.41, 5.74) is 0. The molecule has 2 fully saturated rings. The lowest BCUT2D eigenvalue weighted by Gasteiger charge is -2.43. The van der Waals surface area contributed by atoms with Gasteiger partial charge in [0.15, 0.2) is 0 Å². The van der Waals surface area contributed by atoms with Gasteiger partial charge in [0.25, 0.3) is 0 Å². The zero-order chi connectivity index (χ0) is 17.1. The van der Waals surface area contributed by atoms with Crippen LogP contribution in [0, 0.1) is 0 Å². The van der Waals surface area contributed by atoms with Crippen LogP contribution in [0.5, 0.6) is 0 Å². The largest absolute Gasteiger partial charge is 0.375 e. The molecule has 1 N–H and O–H groups in total. The van der Waals surface area contributed by atoms with E-state index < -0.39 is 0 Å². The molecule has 1 saturated heterocycles. The quantitative estimate of drug-likeness (QED) is 0.890. The van der Waals surface area contributed by atoms with Gasteiger partial charge in [0, 0.05) is 23.5 Å². The normalized spacial score (nSPS) is 24.0. The second-order valence-electron chi connectivity index (χ2n) is 6.73. The Morgan fingerprint density at radius 1 is 1.36 bits per heavy atom. The molecule has 134 valence electrons. The molecule has 6 nitrogen and oxygen atoms in total. The maximum atomic E-state index is 12.6. The fourth-order valence-corrected chi connectivity index (χ4v) is 4.54. The maximum Gasteiger partial charge on any atom is 0.239 e. The number of fused-ring (bicyclic) bond motifs is 1. The lowest BCUT2D eigenvalue weighted by atomic mass is 9.90. The molecular formula is C18H24N4O2S. The molecule has 1 aliphatic heterocycles. The molecule has 2 aliphatic rings. The summed E-state index contributed by atoms with van der Waals surface area (Å²) < 4.78 is 7.73. The molecule has 0 radical (unpaired) electrons. The van der Waals surface area contributed by atoms with E-state index >= 15 is 0 Å². The average Bonchev–Trinajstić information content (AvgIpc) is 3.28. The molecule has 4 rings (SSSR count). The predicted molar refractivity (Wildman–Crippen MR) is 97.8 cm³/mol. The number of nitrogens with zero attached hydrogens (tertiary/aromatic N) is 3. The number of nitrogens with one attached hydrogen (secondary N) is 1. The van der Waals surface area contributed by atoms with Gasteiger partial charge in [-0.05, 0) is 24.3 Å². The second kappa shape index (κ2) is 7.68. The summed E-state index contributed by atoms with van der Waals surface area (Å²) in [5.74, 6) is 0.783. The molecule has 1 saturated carbocycles. The second-order valence-corrected chi connectivity index (χ2v) is 7.77. The molecule has 25 heavy (non-hydrogen) atoms. The first kappa shape index (κ1) is 16.8. The SMILES string of the molecule is O=C(CN1CCOC2CCCCC21)Nc1ccnn1Cc1cccs1. The van der Waals surface area contributed by atoms with Gasteiger partial charge in [0.05, 0.1) is 32.0 Å². The first-order chi connectivity index (χ1) is 12.3. The number of hydrogen-bond donors (Lipinski definition) is 1. The van der Waals surface area contributed by atoms with Gasteiger partial charge in [-0.2, -0.15) is 5.10 Å². The van der Waals surface area contributed by atoms with Gasteiger partial charge in [-0.25, -0.2) is 4.68 Å². The Hall–Kier alpha value is -1.70. The number of amides is 1. The summed E-state index contributed by atoms with van der Waals surface area (Å²) in [5, 5.41) is 9.41. The van der Waals surface area contributed by atoms with Gasteiger partial charge >= 0.3 is 0 Å². The van der Waals surface area contributed by atoms with Gasteiger partial charge in [-0.15, -0.1) is 11.3 Å². The summed E-state index contributed by atoms with van der Waals surface area (Å²) in [6.45, 7) is 2.67. The molecule has 2 aromatic rings. The van der Waals surface area contributed by atoms with Crippen molar-refractivity contribution in [3.63, 3.8) is 0 Å². The van der Waals surface area contributed by atoms with Crippen molar-refractivity contribution in [2.24, 2.45) is 0 Å². The smallest absolute Gasteiger partial charge is 0.239 e. The average molecular weight is 360 g/mol. The summed E-state index contributed by atoms with van der Waals surface area (Å²) in [4.78, 5) is 16.1. The highest BCUT2D eigenvalue weighted by Crippen LogP contribution is 2.28. The minimum atomic E-state index is 0.0270. The number of aromatic nitrogens is 2. The monoisotopic (exact) mass is 360 g/mol. The van der Waals surface area contributed by atoms with Crippen molar-refractivity contribution in [1.82, 2.24) is 14.7 Å². The van der Waals surface area contributed by atoms with Crippen LogP contribution in [0.4, 0.5) is 5.82 Å². The molecular weight excluding hydrogens is 336 g/mol. The van der Waals surface area contributed by atoms with Crippen LogP contribution in [0.25, 0.3) is 0 Å². The molecule has 0 aromatic carbocycles. The molecule has 7 heteroatoms. The highest BCUT2D eigenvalue weighted by Gasteiger charge is 2.34. The Balaban J connectivity index is 1.37. The Morgan fingerprint density at radius 2 is 2.28 bits per heavy atom. The van der Waals surface area contributed by atoms with E-state index in [0.717, 1.165) is 31.8 Å². The molecule has 3 heterocycles. The zero-order valence-electron chi connectivity index (χ0n) is 14.3. The van der Waals surface area contributed by atoms with E-state index in [9.17, 15) is 4.79 Å². The summed E-state index contributed by atoms with van der Waals surface area (Å²) in [6.07, 6.45) is 6.76. The summed E-state index contributed by atoms with van der Waals surface area (Å²) in [6, 6.07) is 6.36. The lowest BCUT2D eigenvalue weighted by Crippen LogP contribution is -2.54. The Bertz CT molecular complexity index is 698. The Labute approximate surface area is 151 Å². The van der Waals surface area contributed by atoms with E-state index in [1.54, 1.807) is 17.5 Å². The van der Waals surface area contributed by atoms with Crippen LogP contribution in [0.2, 0.25) is 0 Å². The van der Waals surface area contributed by atoms with Crippen LogP contribution >= 0.6 is 11.3 Å². The highest BCUT2D eigenvalue weighted by molar-refractivity contribution is 7.09. The fraction of sp³-hybridized carbons (Fsp3) is 0.556. The standard InChI is InChI=1S/C18H24N4O2S/c23-18(13-21-9-10-24-16-6-2-1-5-15(16)21)20-17-7-8-19-22(17)12-14-4-3-11-25-14/h3-4,7-8,11,15-16H,1-2,5-6,9-10,12-13H2,(H,20,23). The van der Waals surface area contributed by atoms with E-state index in [2.05, 4.69) is 26.8 Å². The van der Waals surface area contributed by atoms with Crippen molar-refractivity contribution in [1.29, 1.82) is 0 Å². The predicted octanol–water partition coefficient (Wildman–Crippen LogP) is 2.57. The van der Waals surface area contributed by atoms with Crippen molar-refractivity contribution in [2.75, 3.05) is 25.0 Å². The minimum Gasteiger partial charge on any atom is -0.375 e. The van der Waals surface area contributed by atoms with Crippen LogP contribution in [0.1, 0.15) is 30.6 Å². The molecule has 0 bridgehead atoms. The van der Waals surface area contributed by atoms with E-state index in [4.69, 9.17) is 4.74 Å². The van der Waals surface area contributed by atoms with Gasteiger partial charge < -0.3 is 10.1 Å². The van der Waals surface area contributed by atoms with Crippen LogP contribution in [-0.2, 0) is 16.1 Å². The molecule has 1 aliphatic carbocycles. The van der Waals surface area contributed by atoms with E-state index in [1.807, 2.05) is 16.8 Å². The third-order valence-electron chi connectivity index (χ3n) is 5.06. The van der Waals surface area contributed by atoms with Crippen LogP contribution < -0.4 is 5.32 Å². The van der Waals surface area contributed by atoms with Crippen LogP contribution in [0.15, 0.2) is 29.8 Å². The number of thiophene rings is 1. The summed E-state index contributed by atoms with van der Waals surface area (Å²) >= 11 is 1.69. The lowest BCUT2D eigenvalue weighted by molar-refractivity contribution is -0.124. The van der Waals surface area contributed by atoms with Crippen molar-refractivity contribution in [3.8, 4) is 0 Å². The van der Waals surface area contributed by atoms with E-state index in [0.29, 0.717) is 25.2 Å². The number of morpholine rings is 1. The van der Waals surface area contributed by atoms with Crippen LogP contribution in [0.3, 0.4) is 0 Å². The van der Waals surface area contributed by atoms with Gasteiger partial charge in [-0.1, -0.05) is 18.9 Å². The number of carbonyl (C=O) groups is 1. The minimum absolute atomic E-state index is 0.0270. The molecule has 0 spiro atoms. The first-order valence-corrected chi connectivity index (χ1v) is 9.87. The van der Waals surface area contributed by atoms with Crippen molar-refractivity contribution < 1.29 is 9.53 Å². The van der Waals surface area contributed by atoms with E-state index in [1.165, 1.54) is 17.7 Å². The fourth-order valence-electron chi connectivity index (χ4n) is 3.85. The zero-order valence-corrected chi connectivity index (χ0v) is 15.1. The van der Waals surface area contributed by atoms with Gasteiger partial charge in [-0.3, -0.25) is 9.69 Å². The highest BCUT2D eigenvalue weighted by atomic mass is 32.1. The van der Waals surface area contributed by atoms with Gasteiger partial charge in [0.1, 0.15) is 5.82 Å². The molecule has 2 atom stereocenters. The van der Waals surface area contributed by atoms with Crippen molar-refractivity contribution >= 4 is 23.1 Å². The topological polar surface area (TPSA) is 59.4 Å². The number of carbonyl (C=O) groups excluding carboxylic acids is 1. The molecule has 2 aromatic heterocycles. The number of rotatable bonds is 5. The van der Waals surface area contributed by atoms with Crippen LogP contribution in [-0.4, -0.2) is 52.4 Å². The Morgan fingerprint density at radius 3 is 3.16 bits per heavy atom. The third-order valence-corrected chi connectivity index (χ3v) is 5.92. The number of hydrogen-bond acceptors (Lipinski definition) is 5. The molecule has 2 unspecified atom stereocenters. The van der Waals surface area contributed by atoms with Gasteiger partial charge in [0.2, 0.25) is 5.91 Å². The van der Waals surface area contributed by atoms with Crippen molar-refractivity contribution in [3.05, 3.63) is 34.7 Å². The maximum absolute atomic E-state index is 12.6. The number of anilines is 1. The number of ether oxygens (including phenoxy) is 1. The summed E-state index contributed by atoms with van der Waals surface area (Å²) in [7, 11) is 0. The third kappa shape index (κ3) is 3.94. The van der Waals surface area contributed by atoms with E-state index in [-0.39, 0.29) is 5.91 Å². The Kier molecular flexibility index (Phi) is 5.14. The first-order valence-electron chi connectivity index (χ1n) is 8.99.